The zero-order valence-electron chi connectivity index (χ0n) is 25.6. The van der Waals surface area contributed by atoms with Gasteiger partial charge in [0.2, 0.25) is 11.8 Å². The van der Waals surface area contributed by atoms with E-state index in [-0.39, 0.29) is 44.4 Å². The number of nitrogens with zero attached hydrogens (tertiary/aromatic N) is 6. The van der Waals surface area contributed by atoms with Gasteiger partial charge in [0.25, 0.3) is 0 Å². The van der Waals surface area contributed by atoms with E-state index in [0.717, 1.165) is 0 Å². The van der Waals surface area contributed by atoms with Crippen molar-refractivity contribution in [2.75, 3.05) is 37.6 Å². The number of aliphatic hydroxyl groups excluding tert-OH is 1. The van der Waals surface area contributed by atoms with Crippen LogP contribution in [0.15, 0.2) is 24.5 Å². The Kier molecular flexibility index (Phi) is 9.22. The van der Waals surface area contributed by atoms with Crippen molar-refractivity contribution in [3.05, 3.63) is 41.6 Å². The van der Waals surface area contributed by atoms with Gasteiger partial charge in [0.1, 0.15) is 6.23 Å². The summed E-state index contributed by atoms with van der Waals surface area (Å²) in [5, 5.41) is 29.2. The molecule has 2 saturated heterocycles. The lowest BCUT2D eigenvalue weighted by Crippen LogP contribution is -2.47. The van der Waals surface area contributed by atoms with Gasteiger partial charge in [-0.25, -0.2) is 18.3 Å². The van der Waals surface area contributed by atoms with Gasteiger partial charge in [-0.05, 0) is 38.2 Å². The zero-order chi connectivity index (χ0) is 32.6. The molecule has 4 N–H and O–H groups in total. The van der Waals surface area contributed by atoms with Crippen LogP contribution in [0, 0.1) is 17.8 Å². The van der Waals surface area contributed by atoms with Crippen LogP contribution >= 0.6 is 0 Å². The second kappa shape index (κ2) is 13.0. The first kappa shape index (κ1) is 32.6. The summed E-state index contributed by atoms with van der Waals surface area (Å²) in [4.78, 5) is 19.7. The highest BCUT2D eigenvalue weighted by Crippen LogP contribution is 2.42. The number of rotatable bonds is 9. The summed E-state index contributed by atoms with van der Waals surface area (Å²) in [6, 6.07) is 2.92. The second-order valence-corrected chi connectivity index (χ2v) is 12.6. The molecule has 6 rings (SSSR count). The van der Waals surface area contributed by atoms with Crippen molar-refractivity contribution in [3.63, 3.8) is 0 Å². The highest BCUT2D eigenvalue weighted by molar-refractivity contribution is 5.80. The number of piperidine rings is 1. The number of imidazole rings is 1. The number of carbonyl (C=O) groups excluding carboxylic acids is 1. The largest absolute Gasteiger partial charge is 0.393 e. The second-order valence-electron chi connectivity index (χ2n) is 12.6. The van der Waals surface area contributed by atoms with E-state index in [1.165, 1.54) is 4.52 Å². The molecule has 3 fully saturated rings. The minimum absolute atomic E-state index is 0.0141. The third kappa shape index (κ3) is 6.98. The minimum atomic E-state index is -4.42. The molecule has 11 nitrogen and oxygen atoms in total. The van der Waals surface area contributed by atoms with E-state index in [4.69, 9.17) is 10.1 Å². The van der Waals surface area contributed by atoms with E-state index in [1.54, 1.807) is 23.1 Å². The Balaban J connectivity index is 1.35. The molecule has 0 aromatic carbocycles. The molecule has 3 aromatic rings. The van der Waals surface area contributed by atoms with Crippen LogP contribution in [-0.2, 0) is 17.8 Å². The number of aliphatic hydroxyl groups is 1. The maximum Gasteiger partial charge on any atom is 0.393 e. The SMILES string of the molecule is CCn1nccc1C(O)N[C@H](c1cn2nc(C[C@H]3C[C@@H](C(F)(F)F)CNC3=O)c(N3CCNCC3)cc2n1)C1CCC(F)(F)CC1. The normalized spacial score (nSPS) is 24.2. The van der Waals surface area contributed by atoms with Crippen LogP contribution in [0.1, 0.15) is 68.4 Å². The van der Waals surface area contributed by atoms with Crippen molar-refractivity contribution in [2.45, 2.75) is 76.4 Å². The number of piperazine rings is 1. The number of aryl methyl sites for hydroxylation is 1. The summed E-state index contributed by atoms with van der Waals surface area (Å²) >= 11 is 0. The van der Waals surface area contributed by atoms with Crippen molar-refractivity contribution >= 4 is 17.2 Å². The maximum absolute atomic E-state index is 14.2. The minimum Gasteiger partial charge on any atom is -0.373 e. The number of halogens is 5. The van der Waals surface area contributed by atoms with Crippen LogP contribution in [0.25, 0.3) is 5.65 Å². The third-order valence-corrected chi connectivity index (χ3v) is 9.56. The van der Waals surface area contributed by atoms with Crippen LogP contribution in [0.5, 0.6) is 0 Å². The van der Waals surface area contributed by atoms with Crippen LogP contribution in [-0.4, -0.2) is 80.2 Å². The fourth-order valence-corrected chi connectivity index (χ4v) is 6.96. The van der Waals surface area contributed by atoms with Gasteiger partial charge in [0.15, 0.2) is 5.65 Å². The molecule has 16 heteroatoms. The number of hydrogen-bond acceptors (Lipinski definition) is 8. The molecule has 1 aliphatic carbocycles. The number of nitrogens with one attached hydrogen (secondary N) is 3. The summed E-state index contributed by atoms with van der Waals surface area (Å²) in [6.07, 6.45) is -2.73. The molecule has 0 bridgehead atoms. The molecule has 0 radical (unpaired) electrons. The molecule has 1 unspecified atom stereocenters. The Morgan fingerprint density at radius 3 is 2.63 bits per heavy atom. The van der Waals surface area contributed by atoms with Crippen LogP contribution in [0.2, 0.25) is 0 Å². The van der Waals surface area contributed by atoms with Gasteiger partial charge in [-0.3, -0.25) is 14.8 Å². The van der Waals surface area contributed by atoms with Crippen molar-refractivity contribution in [1.29, 1.82) is 0 Å². The van der Waals surface area contributed by atoms with Gasteiger partial charge in [0, 0.05) is 76.7 Å². The lowest BCUT2D eigenvalue weighted by molar-refractivity contribution is -0.183. The van der Waals surface area contributed by atoms with E-state index in [2.05, 4.69) is 25.9 Å². The number of fused-ring (bicyclic) bond motifs is 1. The number of aromatic nitrogens is 5. The quantitative estimate of drug-likeness (QED) is 0.205. The fourth-order valence-electron chi connectivity index (χ4n) is 6.96. The summed E-state index contributed by atoms with van der Waals surface area (Å²) in [7, 11) is 0. The Hall–Kier alpha value is -3.37. The predicted octanol–water partition coefficient (Wildman–Crippen LogP) is 3.36. The molecular formula is C30H40F5N9O2. The topological polar surface area (TPSA) is 125 Å². The molecule has 1 saturated carbocycles. The average Bonchev–Trinajstić information content (AvgIpc) is 3.67. The highest BCUT2D eigenvalue weighted by Gasteiger charge is 2.45. The lowest BCUT2D eigenvalue weighted by atomic mass is 9.81. The van der Waals surface area contributed by atoms with Gasteiger partial charge < -0.3 is 20.6 Å². The van der Waals surface area contributed by atoms with Gasteiger partial charge in [-0.15, -0.1) is 0 Å². The Bertz CT molecular complexity index is 1510. The van der Waals surface area contributed by atoms with E-state index in [1.807, 2.05) is 13.0 Å². The number of alkyl halides is 5. The molecular weight excluding hydrogens is 613 g/mol. The van der Waals surface area contributed by atoms with Crippen molar-refractivity contribution in [1.82, 2.24) is 40.3 Å². The molecule has 2 aliphatic heterocycles. The molecule has 252 valence electrons. The summed E-state index contributed by atoms with van der Waals surface area (Å²) in [5.74, 6) is -5.98. The van der Waals surface area contributed by atoms with Crippen molar-refractivity contribution < 1.29 is 31.9 Å². The molecule has 0 spiro atoms. The lowest BCUT2D eigenvalue weighted by Gasteiger charge is -2.34. The average molecular weight is 654 g/mol. The molecule has 3 aliphatic rings. The number of hydrogen-bond donors (Lipinski definition) is 4. The zero-order valence-corrected chi connectivity index (χ0v) is 25.6. The van der Waals surface area contributed by atoms with Gasteiger partial charge in [-0.2, -0.15) is 23.4 Å². The van der Waals surface area contributed by atoms with Crippen molar-refractivity contribution in [2.24, 2.45) is 17.8 Å². The first-order valence-electron chi connectivity index (χ1n) is 15.9. The Morgan fingerprint density at radius 1 is 1.20 bits per heavy atom. The first-order chi connectivity index (χ1) is 21.9. The van der Waals surface area contributed by atoms with Gasteiger partial charge >= 0.3 is 6.18 Å². The van der Waals surface area contributed by atoms with Crippen LogP contribution in [0.4, 0.5) is 27.6 Å². The van der Waals surface area contributed by atoms with E-state index >= 15 is 0 Å². The summed E-state index contributed by atoms with van der Waals surface area (Å²) < 4.78 is 72.3. The molecule has 5 heterocycles. The smallest absolute Gasteiger partial charge is 0.373 e. The number of amides is 1. The summed E-state index contributed by atoms with van der Waals surface area (Å²) in [5.41, 5.74) is 2.67. The van der Waals surface area contributed by atoms with E-state index < -0.39 is 48.7 Å². The summed E-state index contributed by atoms with van der Waals surface area (Å²) in [6.45, 7) is 4.67. The predicted molar refractivity (Wildman–Crippen MR) is 158 cm³/mol. The monoisotopic (exact) mass is 653 g/mol. The molecule has 46 heavy (non-hydrogen) atoms. The van der Waals surface area contributed by atoms with Gasteiger partial charge in [0.05, 0.1) is 40.9 Å². The Morgan fingerprint density at radius 2 is 1.93 bits per heavy atom. The first-order valence-corrected chi connectivity index (χ1v) is 15.9. The number of carbonyl (C=O) groups is 1. The molecule has 4 atom stereocenters. The Labute approximate surface area is 262 Å². The van der Waals surface area contributed by atoms with Gasteiger partial charge in [-0.1, -0.05) is 0 Å². The van der Waals surface area contributed by atoms with Crippen molar-refractivity contribution in [3.8, 4) is 0 Å². The van der Waals surface area contributed by atoms with Crippen LogP contribution in [0.3, 0.4) is 0 Å². The standard InChI is InChI=1S/C30H40F5N9O2/c1-2-43-23(5-8-38-43)28(46)40-26(18-3-6-29(31,32)7-4-18)22-17-44-25(39-22)15-24(42-11-9-36-10-12-42)21(41-44)14-19-13-20(30(33,34)35)16-37-27(19)45/h5,8,15,17-20,26,28,36,40,46H,2-4,6-7,9-14,16H2,1H3,(H,37,45)/t19-,20-,26+,28?/m1/s1. The number of anilines is 1. The third-order valence-electron chi connectivity index (χ3n) is 9.56. The highest BCUT2D eigenvalue weighted by atomic mass is 19.4. The van der Waals surface area contributed by atoms with E-state index in [9.17, 15) is 31.9 Å². The maximum atomic E-state index is 14.2. The molecule has 3 aromatic heterocycles. The fraction of sp³-hybridized carbons (Fsp3) is 0.667. The molecule has 1 amide bonds. The van der Waals surface area contributed by atoms with E-state index in [0.29, 0.717) is 61.1 Å². The van der Waals surface area contributed by atoms with Crippen LogP contribution < -0.4 is 20.9 Å².